The molecule has 0 spiro atoms. The summed E-state index contributed by atoms with van der Waals surface area (Å²) in [5, 5.41) is -0.337. The summed E-state index contributed by atoms with van der Waals surface area (Å²) in [5.41, 5.74) is 0.763. The fourth-order valence-corrected chi connectivity index (χ4v) is 2.19. The molecular weight excluding hydrogens is 344 g/mol. The highest BCUT2D eigenvalue weighted by molar-refractivity contribution is 9.10. The van der Waals surface area contributed by atoms with Gasteiger partial charge in [-0.15, -0.1) is 0 Å². The van der Waals surface area contributed by atoms with Crippen LogP contribution in [0.3, 0.4) is 0 Å². The van der Waals surface area contributed by atoms with Crippen LogP contribution in [0, 0.1) is 5.82 Å². The van der Waals surface area contributed by atoms with Crippen LogP contribution >= 0.6 is 39.1 Å². The number of hydrogen-bond donors (Lipinski definition) is 0. The van der Waals surface area contributed by atoms with Crippen molar-refractivity contribution in [1.29, 1.82) is 0 Å². The van der Waals surface area contributed by atoms with E-state index >= 15 is 0 Å². The van der Waals surface area contributed by atoms with Crippen molar-refractivity contribution in [3.63, 3.8) is 0 Å². The average molecular weight is 349 g/mol. The largest absolute Gasteiger partial charge is 0.276 e. The monoisotopic (exact) mass is 347 g/mol. The van der Waals surface area contributed by atoms with Crippen LogP contribution in [0.15, 0.2) is 35.1 Å². The topological polar surface area (TPSA) is 30.0 Å². The van der Waals surface area contributed by atoms with Crippen molar-refractivity contribution in [2.75, 3.05) is 0 Å². The number of rotatable bonds is 2. The van der Waals surface area contributed by atoms with Crippen molar-refractivity contribution < 1.29 is 9.18 Å². The molecule has 0 saturated carbocycles. The predicted octanol–water partition coefficient (Wildman–Crippen LogP) is 4.68. The normalized spacial score (nSPS) is 10.4. The van der Waals surface area contributed by atoms with E-state index in [2.05, 4.69) is 20.9 Å². The third kappa shape index (κ3) is 2.71. The highest BCUT2D eigenvalue weighted by Gasteiger charge is 2.15. The Bertz CT molecular complexity index is 633. The molecule has 0 radical (unpaired) electrons. The standard InChI is InChI=1S/C12H5BrCl2FNO/c13-11-4-8(10(16)5-17-11)7-2-1-6(14)3-9(7)12(15)18/h1-5H. The molecule has 0 atom stereocenters. The Kier molecular flexibility index (Phi) is 4.00. The van der Waals surface area contributed by atoms with E-state index < -0.39 is 11.1 Å². The maximum absolute atomic E-state index is 13.7. The van der Waals surface area contributed by atoms with Gasteiger partial charge in [0, 0.05) is 16.1 Å². The summed E-state index contributed by atoms with van der Waals surface area (Å²) < 4.78 is 14.2. The van der Waals surface area contributed by atoms with E-state index in [1.54, 1.807) is 12.1 Å². The molecule has 2 rings (SSSR count). The molecular formula is C12H5BrCl2FNO. The first-order valence-corrected chi connectivity index (χ1v) is 6.34. The van der Waals surface area contributed by atoms with Crippen LogP contribution in [0.5, 0.6) is 0 Å². The zero-order chi connectivity index (χ0) is 13.3. The molecule has 0 unspecified atom stereocenters. The lowest BCUT2D eigenvalue weighted by Crippen LogP contribution is -1.96. The third-order valence-corrected chi connectivity index (χ3v) is 3.18. The molecule has 1 heterocycles. The number of aromatic nitrogens is 1. The second-order valence-electron chi connectivity index (χ2n) is 3.45. The van der Waals surface area contributed by atoms with Gasteiger partial charge in [-0.05, 0) is 51.3 Å². The summed E-state index contributed by atoms with van der Waals surface area (Å²) >= 11 is 14.4. The Labute approximate surface area is 121 Å². The van der Waals surface area contributed by atoms with Gasteiger partial charge in [0.2, 0.25) is 0 Å². The molecule has 1 aromatic heterocycles. The van der Waals surface area contributed by atoms with Gasteiger partial charge in [-0.2, -0.15) is 0 Å². The summed E-state index contributed by atoms with van der Waals surface area (Å²) in [5.74, 6) is -0.542. The molecule has 6 heteroatoms. The molecule has 18 heavy (non-hydrogen) atoms. The summed E-state index contributed by atoms with van der Waals surface area (Å²) in [6, 6.07) is 5.98. The summed E-state index contributed by atoms with van der Waals surface area (Å²) in [7, 11) is 0. The van der Waals surface area contributed by atoms with Gasteiger partial charge in [-0.1, -0.05) is 17.7 Å². The van der Waals surface area contributed by atoms with Crippen LogP contribution < -0.4 is 0 Å². The Hall–Kier alpha value is -0.970. The van der Waals surface area contributed by atoms with Crippen LogP contribution in [0.25, 0.3) is 11.1 Å². The van der Waals surface area contributed by atoms with E-state index in [0.717, 1.165) is 6.20 Å². The van der Waals surface area contributed by atoms with Crippen LogP contribution in [0.4, 0.5) is 4.39 Å². The Balaban J connectivity index is 2.70. The van der Waals surface area contributed by atoms with Gasteiger partial charge in [-0.25, -0.2) is 9.37 Å². The van der Waals surface area contributed by atoms with Crippen molar-refractivity contribution in [3.05, 3.63) is 51.5 Å². The van der Waals surface area contributed by atoms with Crippen molar-refractivity contribution in [2.45, 2.75) is 0 Å². The maximum Gasteiger partial charge on any atom is 0.253 e. The van der Waals surface area contributed by atoms with E-state index in [0.29, 0.717) is 15.2 Å². The van der Waals surface area contributed by atoms with Gasteiger partial charge in [0.05, 0.1) is 6.20 Å². The number of hydrogen-bond acceptors (Lipinski definition) is 2. The molecule has 0 aliphatic heterocycles. The molecule has 0 N–H and O–H groups in total. The average Bonchev–Trinajstić information content (AvgIpc) is 2.32. The summed E-state index contributed by atoms with van der Waals surface area (Å²) in [4.78, 5) is 15.1. The summed E-state index contributed by atoms with van der Waals surface area (Å²) in [6.07, 6.45) is 1.07. The molecule has 92 valence electrons. The van der Waals surface area contributed by atoms with Gasteiger partial charge in [0.1, 0.15) is 10.4 Å². The Morgan fingerprint density at radius 3 is 2.67 bits per heavy atom. The minimum absolute atomic E-state index is 0.154. The van der Waals surface area contributed by atoms with Crippen molar-refractivity contribution in [3.8, 4) is 11.1 Å². The number of pyridine rings is 1. The maximum atomic E-state index is 13.7. The van der Waals surface area contributed by atoms with E-state index in [4.69, 9.17) is 23.2 Å². The van der Waals surface area contributed by atoms with Crippen molar-refractivity contribution >= 4 is 44.4 Å². The number of nitrogens with zero attached hydrogens (tertiary/aromatic N) is 1. The first kappa shape index (κ1) is 13.5. The Morgan fingerprint density at radius 1 is 1.28 bits per heavy atom. The lowest BCUT2D eigenvalue weighted by Gasteiger charge is -2.08. The lowest BCUT2D eigenvalue weighted by molar-refractivity contribution is 0.108. The minimum Gasteiger partial charge on any atom is -0.276 e. The molecule has 0 amide bonds. The Morgan fingerprint density at radius 2 is 2.00 bits per heavy atom. The first-order chi connectivity index (χ1) is 8.49. The van der Waals surface area contributed by atoms with Crippen molar-refractivity contribution in [2.24, 2.45) is 0 Å². The van der Waals surface area contributed by atoms with Gasteiger partial charge < -0.3 is 0 Å². The number of carbonyl (C=O) groups is 1. The van der Waals surface area contributed by atoms with E-state index in [1.807, 2.05) is 0 Å². The molecule has 2 nitrogen and oxygen atoms in total. The molecule has 0 saturated heterocycles. The van der Waals surface area contributed by atoms with E-state index in [9.17, 15) is 9.18 Å². The smallest absolute Gasteiger partial charge is 0.253 e. The van der Waals surface area contributed by atoms with Crippen LogP contribution in [0.2, 0.25) is 5.02 Å². The van der Waals surface area contributed by atoms with Crippen LogP contribution in [-0.4, -0.2) is 10.2 Å². The molecule has 0 fully saturated rings. The van der Waals surface area contributed by atoms with E-state index in [1.165, 1.54) is 12.1 Å². The van der Waals surface area contributed by atoms with Crippen LogP contribution in [-0.2, 0) is 0 Å². The molecule has 0 aliphatic carbocycles. The predicted molar refractivity (Wildman–Crippen MR) is 72.5 cm³/mol. The minimum atomic E-state index is -0.695. The number of carbonyl (C=O) groups excluding carboxylic acids is 1. The SMILES string of the molecule is O=C(Cl)c1cc(Cl)ccc1-c1cc(Br)ncc1F. The second kappa shape index (κ2) is 5.34. The van der Waals surface area contributed by atoms with E-state index in [-0.39, 0.29) is 11.1 Å². The zero-order valence-electron chi connectivity index (χ0n) is 8.75. The zero-order valence-corrected chi connectivity index (χ0v) is 11.9. The van der Waals surface area contributed by atoms with Gasteiger partial charge in [-0.3, -0.25) is 4.79 Å². The first-order valence-electron chi connectivity index (χ1n) is 4.80. The fraction of sp³-hybridized carbons (Fsp3) is 0. The molecule has 1 aromatic carbocycles. The molecule has 0 aliphatic rings. The second-order valence-corrected chi connectivity index (χ2v) is 5.04. The quantitative estimate of drug-likeness (QED) is 0.582. The van der Waals surface area contributed by atoms with Crippen molar-refractivity contribution in [1.82, 2.24) is 4.98 Å². The lowest BCUT2D eigenvalue weighted by atomic mass is 10.0. The fourth-order valence-electron chi connectivity index (χ4n) is 1.53. The number of halogens is 4. The highest BCUT2D eigenvalue weighted by atomic mass is 79.9. The number of benzene rings is 1. The van der Waals surface area contributed by atoms with Gasteiger partial charge in [0.25, 0.3) is 5.24 Å². The third-order valence-electron chi connectivity index (χ3n) is 2.31. The van der Waals surface area contributed by atoms with Crippen LogP contribution in [0.1, 0.15) is 10.4 Å². The summed E-state index contributed by atoms with van der Waals surface area (Å²) in [6.45, 7) is 0. The van der Waals surface area contributed by atoms with Gasteiger partial charge >= 0.3 is 0 Å². The molecule has 0 bridgehead atoms. The molecule has 2 aromatic rings. The van der Waals surface area contributed by atoms with Gasteiger partial charge in [0.15, 0.2) is 0 Å². The highest BCUT2D eigenvalue weighted by Crippen LogP contribution is 2.30.